The number of carbonyl (C=O) groups is 2. The first-order valence-electron chi connectivity index (χ1n) is 5.69. The number of nitrogens with one attached hydrogen (secondary N) is 2. The van der Waals surface area contributed by atoms with E-state index in [-0.39, 0.29) is 10.7 Å². The van der Waals surface area contributed by atoms with E-state index in [9.17, 15) is 9.59 Å². The van der Waals surface area contributed by atoms with E-state index in [4.69, 9.17) is 23.2 Å². The average Bonchev–Trinajstić information content (AvgIpc) is 2.96. The Morgan fingerprint density at radius 1 is 1.19 bits per heavy atom. The third-order valence-corrected chi connectivity index (χ3v) is 3.66. The molecule has 0 aliphatic heterocycles. The summed E-state index contributed by atoms with van der Waals surface area (Å²) < 4.78 is 0. The van der Waals surface area contributed by atoms with Gasteiger partial charge in [0.05, 0.1) is 16.9 Å². The van der Waals surface area contributed by atoms with E-state index >= 15 is 0 Å². The number of rotatable bonds is 3. The van der Waals surface area contributed by atoms with E-state index in [1.807, 2.05) is 17.5 Å². The molecule has 21 heavy (non-hydrogen) atoms. The molecule has 2 N–H and O–H groups in total. The fourth-order valence-electron chi connectivity index (χ4n) is 1.34. The number of benzene rings is 1. The Kier molecular flexibility index (Phi) is 5.32. The van der Waals surface area contributed by atoms with Gasteiger partial charge in [0, 0.05) is 9.90 Å². The molecule has 0 saturated heterocycles. The molecule has 108 valence electrons. The Morgan fingerprint density at radius 3 is 2.71 bits per heavy atom. The van der Waals surface area contributed by atoms with Gasteiger partial charge in [-0.2, -0.15) is 5.10 Å². The largest absolute Gasteiger partial charge is 0.329 e. The van der Waals surface area contributed by atoms with Crippen molar-refractivity contribution in [3.8, 4) is 0 Å². The Morgan fingerprint density at radius 2 is 2.00 bits per heavy atom. The second kappa shape index (κ2) is 7.21. The van der Waals surface area contributed by atoms with Gasteiger partial charge in [0.2, 0.25) is 0 Å². The van der Waals surface area contributed by atoms with Gasteiger partial charge in [-0.3, -0.25) is 9.59 Å². The van der Waals surface area contributed by atoms with E-state index in [0.717, 1.165) is 4.88 Å². The van der Waals surface area contributed by atoms with Gasteiger partial charge in [0.1, 0.15) is 0 Å². The Labute approximate surface area is 134 Å². The van der Waals surface area contributed by atoms with Crippen molar-refractivity contribution in [2.45, 2.75) is 0 Å². The standard InChI is InChI=1S/C13H9Cl2N3O2S/c14-8-3-4-10(15)11(6-8)17-12(19)13(20)18-16-7-9-2-1-5-21-9/h1-7H,(H,17,19)(H,18,20)/b16-7+. The van der Waals surface area contributed by atoms with Crippen molar-refractivity contribution in [2.24, 2.45) is 5.10 Å². The Hall–Kier alpha value is -1.89. The first-order valence-corrected chi connectivity index (χ1v) is 7.33. The zero-order chi connectivity index (χ0) is 15.2. The van der Waals surface area contributed by atoms with E-state index < -0.39 is 11.8 Å². The minimum absolute atomic E-state index is 0.256. The van der Waals surface area contributed by atoms with Crippen molar-refractivity contribution in [3.05, 3.63) is 50.6 Å². The topological polar surface area (TPSA) is 70.6 Å². The molecule has 0 fully saturated rings. The number of anilines is 1. The van der Waals surface area contributed by atoms with Crippen LogP contribution in [0, 0.1) is 0 Å². The van der Waals surface area contributed by atoms with Crippen LogP contribution in [0.5, 0.6) is 0 Å². The summed E-state index contributed by atoms with van der Waals surface area (Å²) in [5.74, 6) is -1.79. The molecular formula is C13H9Cl2N3O2S. The Bertz CT molecular complexity index is 687. The molecule has 0 radical (unpaired) electrons. The van der Waals surface area contributed by atoms with Crippen molar-refractivity contribution < 1.29 is 9.59 Å². The number of thiophene rings is 1. The molecule has 0 aliphatic carbocycles. The molecule has 0 bridgehead atoms. The van der Waals surface area contributed by atoms with Crippen molar-refractivity contribution in [3.63, 3.8) is 0 Å². The molecule has 0 saturated carbocycles. The SMILES string of the molecule is O=C(N/N=C/c1cccs1)C(=O)Nc1cc(Cl)ccc1Cl. The monoisotopic (exact) mass is 341 g/mol. The summed E-state index contributed by atoms with van der Waals surface area (Å²) in [4.78, 5) is 24.1. The molecule has 2 amide bonds. The zero-order valence-electron chi connectivity index (χ0n) is 10.5. The van der Waals surface area contributed by atoms with Crippen molar-refractivity contribution in [1.82, 2.24) is 5.43 Å². The fraction of sp³-hybridized carbons (Fsp3) is 0. The third-order valence-electron chi connectivity index (χ3n) is 2.28. The van der Waals surface area contributed by atoms with E-state index in [1.165, 1.54) is 29.7 Å². The smallest absolute Gasteiger partial charge is 0.316 e. The number of hydrogen-bond donors (Lipinski definition) is 2. The number of hydrogen-bond acceptors (Lipinski definition) is 4. The van der Waals surface area contributed by atoms with Crippen LogP contribution in [0.25, 0.3) is 0 Å². The van der Waals surface area contributed by atoms with Gasteiger partial charge in [-0.05, 0) is 29.6 Å². The average molecular weight is 342 g/mol. The molecular weight excluding hydrogens is 333 g/mol. The second-order valence-corrected chi connectivity index (χ2v) is 5.62. The maximum absolute atomic E-state index is 11.7. The summed E-state index contributed by atoms with van der Waals surface area (Å²) >= 11 is 13.1. The molecule has 2 aromatic rings. The van der Waals surface area contributed by atoms with Crippen LogP contribution in [0.3, 0.4) is 0 Å². The van der Waals surface area contributed by atoms with Crippen LogP contribution in [0.1, 0.15) is 4.88 Å². The molecule has 1 aromatic heterocycles. The van der Waals surface area contributed by atoms with Crippen LogP contribution < -0.4 is 10.7 Å². The van der Waals surface area contributed by atoms with Crippen LogP contribution in [0.2, 0.25) is 10.0 Å². The minimum atomic E-state index is -0.904. The highest BCUT2D eigenvalue weighted by atomic mass is 35.5. The molecule has 0 spiro atoms. The van der Waals surface area contributed by atoms with Gasteiger partial charge in [0.15, 0.2) is 0 Å². The molecule has 1 heterocycles. The van der Waals surface area contributed by atoms with E-state index in [2.05, 4.69) is 15.8 Å². The molecule has 1 aromatic carbocycles. The van der Waals surface area contributed by atoms with Crippen LogP contribution in [0.4, 0.5) is 5.69 Å². The van der Waals surface area contributed by atoms with Crippen molar-refractivity contribution in [1.29, 1.82) is 0 Å². The molecule has 0 unspecified atom stereocenters. The highest BCUT2D eigenvalue weighted by Crippen LogP contribution is 2.25. The highest BCUT2D eigenvalue weighted by Gasteiger charge is 2.14. The quantitative estimate of drug-likeness (QED) is 0.511. The van der Waals surface area contributed by atoms with Crippen molar-refractivity contribution >= 4 is 58.3 Å². The van der Waals surface area contributed by atoms with Crippen LogP contribution in [-0.2, 0) is 9.59 Å². The van der Waals surface area contributed by atoms with Gasteiger partial charge in [-0.1, -0.05) is 29.3 Å². The van der Waals surface area contributed by atoms with Gasteiger partial charge < -0.3 is 5.32 Å². The number of nitrogens with zero attached hydrogens (tertiary/aromatic N) is 1. The predicted molar refractivity (Wildman–Crippen MR) is 85.1 cm³/mol. The second-order valence-electron chi connectivity index (χ2n) is 3.79. The third kappa shape index (κ3) is 4.56. The van der Waals surface area contributed by atoms with Crippen LogP contribution in [0.15, 0.2) is 40.8 Å². The summed E-state index contributed by atoms with van der Waals surface area (Å²) in [5.41, 5.74) is 2.38. The Balaban J connectivity index is 1.93. The fourth-order valence-corrected chi connectivity index (χ4v) is 2.26. The van der Waals surface area contributed by atoms with Gasteiger partial charge in [-0.15, -0.1) is 11.3 Å². The number of hydrazone groups is 1. The first-order chi connectivity index (χ1) is 10.1. The van der Waals surface area contributed by atoms with Gasteiger partial charge in [0.25, 0.3) is 0 Å². The lowest BCUT2D eigenvalue weighted by molar-refractivity contribution is -0.136. The van der Waals surface area contributed by atoms with Gasteiger partial charge >= 0.3 is 11.8 Å². The predicted octanol–water partition coefficient (Wildman–Crippen LogP) is 3.14. The van der Waals surface area contributed by atoms with E-state index in [0.29, 0.717) is 5.02 Å². The highest BCUT2D eigenvalue weighted by molar-refractivity contribution is 7.11. The maximum Gasteiger partial charge on any atom is 0.329 e. The van der Waals surface area contributed by atoms with Crippen LogP contribution in [-0.4, -0.2) is 18.0 Å². The molecule has 8 heteroatoms. The molecule has 2 rings (SSSR count). The molecule has 0 atom stereocenters. The summed E-state index contributed by atoms with van der Waals surface area (Å²) in [6, 6.07) is 8.22. The lowest BCUT2D eigenvalue weighted by Crippen LogP contribution is -2.32. The number of halogens is 2. The zero-order valence-corrected chi connectivity index (χ0v) is 12.8. The maximum atomic E-state index is 11.7. The van der Waals surface area contributed by atoms with Crippen molar-refractivity contribution in [2.75, 3.05) is 5.32 Å². The number of amides is 2. The van der Waals surface area contributed by atoms with Crippen LogP contribution >= 0.6 is 34.5 Å². The van der Waals surface area contributed by atoms with Gasteiger partial charge in [-0.25, -0.2) is 5.43 Å². The summed E-state index contributed by atoms with van der Waals surface area (Å²) in [6.07, 6.45) is 1.45. The summed E-state index contributed by atoms with van der Waals surface area (Å²) in [7, 11) is 0. The molecule has 5 nitrogen and oxygen atoms in total. The minimum Gasteiger partial charge on any atom is -0.316 e. The first kappa shape index (κ1) is 15.5. The summed E-state index contributed by atoms with van der Waals surface area (Å²) in [6.45, 7) is 0. The lowest BCUT2D eigenvalue weighted by atomic mass is 10.3. The lowest BCUT2D eigenvalue weighted by Gasteiger charge is -2.06. The molecule has 0 aliphatic rings. The normalized spacial score (nSPS) is 10.6. The summed E-state index contributed by atoms with van der Waals surface area (Å²) in [5, 5.41) is 8.58. The number of carbonyl (C=O) groups excluding carboxylic acids is 2. The van der Waals surface area contributed by atoms with E-state index in [1.54, 1.807) is 6.07 Å².